The van der Waals surface area contributed by atoms with Gasteiger partial charge < -0.3 is 0 Å². The van der Waals surface area contributed by atoms with Crippen LogP contribution < -0.4 is 5.32 Å². The Hall–Kier alpha value is -1.35. The predicted molar refractivity (Wildman–Crippen MR) is 91.5 cm³/mol. The van der Waals surface area contributed by atoms with Gasteiger partial charge in [0.15, 0.2) is 0 Å². The zero-order valence-corrected chi connectivity index (χ0v) is 13.3. The molecule has 0 amide bonds. The lowest BCUT2D eigenvalue weighted by Gasteiger charge is -2.27. The zero-order chi connectivity index (χ0) is 14.9. The zero-order valence-electron chi connectivity index (χ0n) is 12.6. The Balaban J connectivity index is 1.59. The van der Waals surface area contributed by atoms with E-state index in [1.54, 1.807) is 0 Å². The monoisotopic (exact) mass is 311 g/mol. The van der Waals surface area contributed by atoms with Gasteiger partial charge in [-0.15, -0.1) is 0 Å². The van der Waals surface area contributed by atoms with E-state index >= 15 is 0 Å². The average molecular weight is 312 g/mol. The van der Waals surface area contributed by atoms with E-state index in [9.17, 15) is 0 Å². The highest BCUT2D eigenvalue weighted by atomic mass is 35.5. The summed E-state index contributed by atoms with van der Waals surface area (Å²) in [6.45, 7) is 4.26. The molecular formula is C19H20ClN2. The molecule has 0 spiro atoms. The van der Waals surface area contributed by atoms with Crippen molar-refractivity contribution < 1.29 is 0 Å². The highest BCUT2D eigenvalue weighted by molar-refractivity contribution is 6.30. The Morgan fingerprint density at radius 1 is 0.955 bits per heavy atom. The molecule has 1 aliphatic heterocycles. The smallest absolute Gasteiger partial charge is 0.0406 e. The van der Waals surface area contributed by atoms with Gasteiger partial charge >= 0.3 is 0 Å². The number of benzene rings is 2. The van der Waals surface area contributed by atoms with Crippen LogP contribution in [0.2, 0.25) is 5.02 Å². The van der Waals surface area contributed by atoms with Gasteiger partial charge in [0.25, 0.3) is 0 Å². The molecule has 0 bridgehead atoms. The summed E-state index contributed by atoms with van der Waals surface area (Å²) in [6, 6.07) is 17.7. The quantitative estimate of drug-likeness (QED) is 0.843. The second-order valence-corrected chi connectivity index (χ2v) is 6.65. The fourth-order valence-electron chi connectivity index (χ4n) is 3.59. The standard InChI is InChI=1S/C19H20ClN2/c20-15-7-5-14(6-8-15)16-3-1-2-4-17(16)18-13-19(18)22-11-9-21-10-12-22/h1-8,18-19H,9-13H2. The molecule has 22 heavy (non-hydrogen) atoms. The lowest BCUT2D eigenvalue weighted by atomic mass is 9.96. The Kier molecular flexibility index (Phi) is 3.91. The van der Waals surface area contributed by atoms with Crippen LogP contribution in [0, 0.1) is 0 Å². The van der Waals surface area contributed by atoms with Crippen molar-refractivity contribution in [2.75, 3.05) is 26.2 Å². The topological polar surface area (TPSA) is 17.3 Å². The lowest BCUT2D eigenvalue weighted by Crippen LogP contribution is -2.41. The first-order chi connectivity index (χ1) is 10.8. The van der Waals surface area contributed by atoms with E-state index in [0.717, 1.165) is 31.2 Å². The third-order valence-electron chi connectivity index (χ3n) is 4.83. The van der Waals surface area contributed by atoms with Crippen LogP contribution >= 0.6 is 11.6 Å². The Morgan fingerprint density at radius 2 is 1.68 bits per heavy atom. The summed E-state index contributed by atoms with van der Waals surface area (Å²) in [5.41, 5.74) is 4.10. The largest absolute Gasteiger partial charge is 0.297 e. The second kappa shape index (κ2) is 6.04. The second-order valence-electron chi connectivity index (χ2n) is 6.21. The molecule has 2 fully saturated rings. The lowest BCUT2D eigenvalue weighted by molar-refractivity contribution is 0.225. The minimum Gasteiger partial charge on any atom is -0.297 e. The van der Waals surface area contributed by atoms with Crippen molar-refractivity contribution in [2.45, 2.75) is 18.4 Å². The van der Waals surface area contributed by atoms with Crippen molar-refractivity contribution in [3.8, 4) is 11.1 Å². The summed E-state index contributed by atoms with van der Waals surface area (Å²) in [5.74, 6) is 0.671. The molecule has 2 atom stereocenters. The van der Waals surface area contributed by atoms with Crippen molar-refractivity contribution in [1.82, 2.24) is 10.2 Å². The van der Waals surface area contributed by atoms with E-state index in [1.807, 2.05) is 12.1 Å². The minimum absolute atomic E-state index is 0.671. The molecule has 1 aliphatic carbocycles. The molecule has 3 heteroatoms. The maximum atomic E-state index is 6.02. The van der Waals surface area contributed by atoms with E-state index in [4.69, 9.17) is 11.6 Å². The molecule has 4 rings (SSSR count). The molecule has 2 aliphatic rings. The molecule has 1 saturated carbocycles. The van der Waals surface area contributed by atoms with Gasteiger partial charge in [-0.25, -0.2) is 5.32 Å². The van der Waals surface area contributed by atoms with Crippen LogP contribution in [-0.4, -0.2) is 37.1 Å². The number of rotatable bonds is 3. The van der Waals surface area contributed by atoms with Crippen LogP contribution in [0.3, 0.4) is 0 Å². The molecule has 1 heterocycles. The summed E-state index contributed by atoms with van der Waals surface area (Å²) >= 11 is 6.02. The van der Waals surface area contributed by atoms with Gasteiger partial charge in [-0.2, -0.15) is 0 Å². The number of nitrogens with zero attached hydrogens (tertiary/aromatic N) is 2. The fourth-order valence-corrected chi connectivity index (χ4v) is 3.71. The van der Waals surface area contributed by atoms with Gasteiger partial charge in [0.05, 0.1) is 0 Å². The summed E-state index contributed by atoms with van der Waals surface area (Å²) in [5, 5.41) is 5.25. The van der Waals surface area contributed by atoms with Crippen LogP contribution in [0.25, 0.3) is 11.1 Å². The number of hydrogen-bond donors (Lipinski definition) is 0. The maximum Gasteiger partial charge on any atom is 0.0406 e. The highest BCUT2D eigenvalue weighted by Crippen LogP contribution is 2.47. The minimum atomic E-state index is 0.671. The molecular weight excluding hydrogens is 292 g/mol. The van der Waals surface area contributed by atoms with Crippen LogP contribution in [-0.2, 0) is 0 Å². The van der Waals surface area contributed by atoms with Gasteiger partial charge in [0.1, 0.15) is 0 Å². The van der Waals surface area contributed by atoms with Crippen LogP contribution in [0.4, 0.5) is 0 Å². The van der Waals surface area contributed by atoms with Gasteiger partial charge in [-0.05, 0) is 35.2 Å². The normalized spacial score (nSPS) is 25.1. The molecule has 1 radical (unpaired) electrons. The van der Waals surface area contributed by atoms with E-state index in [2.05, 4.69) is 46.6 Å². The fraction of sp³-hybridized carbons (Fsp3) is 0.368. The van der Waals surface area contributed by atoms with Crippen molar-refractivity contribution in [3.63, 3.8) is 0 Å². The maximum absolute atomic E-state index is 6.02. The first-order valence-corrected chi connectivity index (χ1v) is 8.43. The molecule has 0 N–H and O–H groups in total. The first-order valence-electron chi connectivity index (χ1n) is 8.05. The van der Waals surface area contributed by atoms with E-state index < -0.39 is 0 Å². The first kappa shape index (κ1) is 14.3. The SMILES string of the molecule is Clc1ccc(-c2ccccc2C2CC2N2CC[N]CC2)cc1. The summed E-state index contributed by atoms with van der Waals surface area (Å²) in [7, 11) is 0. The molecule has 113 valence electrons. The van der Waals surface area contributed by atoms with Gasteiger partial charge in [0.2, 0.25) is 0 Å². The van der Waals surface area contributed by atoms with Crippen molar-refractivity contribution >= 4 is 11.6 Å². The molecule has 1 saturated heterocycles. The third kappa shape index (κ3) is 2.79. The highest BCUT2D eigenvalue weighted by Gasteiger charge is 2.43. The number of hydrogen-bond acceptors (Lipinski definition) is 1. The summed E-state index contributed by atoms with van der Waals surface area (Å²) in [6.07, 6.45) is 1.28. The molecule has 0 aromatic heterocycles. The van der Waals surface area contributed by atoms with Crippen molar-refractivity contribution in [1.29, 1.82) is 0 Å². The van der Waals surface area contributed by atoms with Crippen molar-refractivity contribution in [3.05, 3.63) is 59.1 Å². The molecule has 2 aromatic rings. The van der Waals surface area contributed by atoms with Gasteiger partial charge in [-0.1, -0.05) is 48.0 Å². The predicted octanol–water partition coefficient (Wildman–Crippen LogP) is 3.78. The van der Waals surface area contributed by atoms with E-state index in [0.29, 0.717) is 12.0 Å². The summed E-state index contributed by atoms with van der Waals surface area (Å²) < 4.78 is 0. The Morgan fingerprint density at radius 3 is 2.45 bits per heavy atom. The average Bonchev–Trinajstić information content (AvgIpc) is 3.37. The molecule has 2 aromatic carbocycles. The Bertz CT molecular complexity index is 647. The molecule has 2 unspecified atom stereocenters. The van der Waals surface area contributed by atoms with Crippen LogP contribution in [0.1, 0.15) is 17.9 Å². The Labute approximate surface area is 137 Å². The van der Waals surface area contributed by atoms with Crippen LogP contribution in [0.5, 0.6) is 0 Å². The van der Waals surface area contributed by atoms with E-state index in [-0.39, 0.29) is 0 Å². The van der Waals surface area contributed by atoms with Crippen LogP contribution in [0.15, 0.2) is 48.5 Å². The van der Waals surface area contributed by atoms with Gasteiger partial charge in [-0.3, -0.25) is 4.90 Å². The number of piperazine rings is 1. The number of halogens is 1. The summed E-state index contributed by atoms with van der Waals surface area (Å²) in [4.78, 5) is 2.62. The molecule has 2 nitrogen and oxygen atoms in total. The third-order valence-corrected chi connectivity index (χ3v) is 5.08. The van der Waals surface area contributed by atoms with E-state index in [1.165, 1.54) is 23.1 Å². The van der Waals surface area contributed by atoms with Gasteiger partial charge in [0, 0.05) is 43.2 Å². The van der Waals surface area contributed by atoms with Crippen molar-refractivity contribution in [2.24, 2.45) is 0 Å².